The van der Waals surface area contributed by atoms with E-state index in [9.17, 15) is 9.59 Å². The smallest absolute Gasteiger partial charge is 0.246 e. The first-order valence-electron chi connectivity index (χ1n) is 36.3. The number of nitrogens with one attached hydrogen (secondary N) is 3. The molecular weight excluding hydrogens is 1430 g/mol. The molecule has 0 spiro atoms. The average Bonchev–Trinajstić information content (AvgIpc) is 0.891. The maximum absolute atomic E-state index is 12.1. The molecule has 3 aliphatic rings. The van der Waals surface area contributed by atoms with Crippen LogP contribution in [0.4, 0.5) is 34.5 Å². The second kappa shape index (κ2) is 31.4. The number of anilines is 6. The number of rotatable bonds is 18. The second-order valence-corrected chi connectivity index (χ2v) is 27.7. The molecule has 6 aromatic carbocycles. The van der Waals surface area contributed by atoms with Gasteiger partial charge in [-0.25, -0.2) is 49.8 Å². The summed E-state index contributed by atoms with van der Waals surface area (Å²) in [6.45, 7) is 22.4. The largest absolute Gasteiger partial charge is 0.478 e. The van der Waals surface area contributed by atoms with Crippen LogP contribution in [0.2, 0.25) is 0 Å². The second-order valence-electron chi connectivity index (χ2n) is 27.7. The lowest BCUT2D eigenvalue weighted by Crippen LogP contribution is -2.34. The van der Waals surface area contributed by atoms with Crippen molar-refractivity contribution in [1.29, 1.82) is 0 Å². The summed E-state index contributed by atoms with van der Waals surface area (Å²) in [5, 5.41) is 36.8. The first-order chi connectivity index (χ1) is 55.0. The predicted octanol–water partition coefficient (Wildman–Crippen LogP) is 14.4. The number of carbonyl (C=O) groups excluding carboxylic acids is 2. The molecule has 113 heavy (non-hydrogen) atoms. The van der Waals surface area contributed by atoms with E-state index in [-0.39, 0.29) is 17.4 Å². The van der Waals surface area contributed by atoms with Crippen LogP contribution in [-0.4, -0.2) is 154 Å². The van der Waals surface area contributed by atoms with Crippen molar-refractivity contribution < 1.29 is 28.5 Å². The fraction of sp³-hybridized carbons (Fsp3) is 0.181. The molecule has 0 unspecified atom stereocenters. The molecule has 0 bridgehead atoms. The van der Waals surface area contributed by atoms with Crippen molar-refractivity contribution in [2.24, 2.45) is 4.99 Å². The molecule has 0 aliphatic carbocycles. The summed E-state index contributed by atoms with van der Waals surface area (Å²) in [6.07, 6.45) is 23.5. The predicted molar refractivity (Wildman–Crippen MR) is 429 cm³/mol. The summed E-state index contributed by atoms with van der Waals surface area (Å²) in [5.74, 6) is 6.23. The van der Waals surface area contributed by atoms with E-state index >= 15 is 0 Å². The summed E-state index contributed by atoms with van der Waals surface area (Å²) >= 11 is 0. The van der Waals surface area contributed by atoms with E-state index in [0.717, 1.165) is 125 Å². The fourth-order valence-electron chi connectivity index (χ4n) is 13.2. The van der Waals surface area contributed by atoms with Crippen molar-refractivity contribution in [1.82, 2.24) is 98.4 Å². The van der Waals surface area contributed by atoms with Crippen molar-refractivity contribution in [3.05, 3.63) is 255 Å². The molecule has 0 saturated carbocycles. The highest BCUT2D eigenvalue weighted by molar-refractivity contribution is 5.97. The van der Waals surface area contributed by atoms with Gasteiger partial charge in [-0.1, -0.05) is 43.5 Å². The number of aromatic nitrogens is 18. The highest BCUT2D eigenvalue weighted by Crippen LogP contribution is 2.37. The number of amides is 2. The molecule has 0 atom stereocenters. The van der Waals surface area contributed by atoms with Crippen LogP contribution in [0.5, 0.6) is 34.9 Å². The molecule has 0 fully saturated rings. The number of ether oxygens (including phenoxy) is 4. The first kappa shape index (κ1) is 72.4. The Balaban J connectivity index is 0.000000128. The van der Waals surface area contributed by atoms with Crippen LogP contribution < -0.4 is 30.2 Å². The Labute approximate surface area is 646 Å². The van der Waals surface area contributed by atoms with Gasteiger partial charge in [-0.2, -0.15) is 0 Å². The Morgan fingerprint density at radius 2 is 1.00 bits per heavy atom. The summed E-state index contributed by atoms with van der Waals surface area (Å²) in [7, 11) is 0. The van der Waals surface area contributed by atoms with Gasteiger partial charge in [-0.15, -0.1) is 30.6 Å². The lowest BCUT2D eigenvalue weighted by molar-refractivity contribution is -0.126. The average molecular weight is 1500 g/mol. The lowest BCUT2D eigenvalue weighted by Gasteiger charge is -2.26. The van der Waals surface area contributed by atoms with Crippen LogP contribution >= 0.6 is 0 Å². The van der Waals surface area contributed by atoms with E-state index in [1.54, 1.807) is 98.1 Å². The molecular formula is C83H74N24O6. The molecule has 3 aliphatic heterocycles. The van der Waals surface area contributed by atoms with Gasteiger partial charge in [0.1, 0.15) is 98.3 Å². The summed E-state index contributed by atoms with van der Waals surface area (Å²) in [6, 6.07) is 39.2. The van der Waals surface area contributed by atoms with Gasteiger partial charge in [-0.05, 0) is 202 Å². The molecule has 3 N–H and O–H groups in total. The van der Waals surface area contributed by atoms with E-state index in [4.69, 9.17) is 18.9 Å². The lowest BCUT2D eigenvalue weighted by atomic mass is 9.98. The molecule has 562 valence electrons. The van der Waals surface area contributed by atoms with Crippen molar-refractivity contribution in [3.63, 3.8) is 0 Å². The number of hydrogen-bond donors (Lipinski definition) is 3. The normalized spacial score (nSPS) is 13.8. The van der Waals surface area contributed by atoms with Gasteiger partial charge >= 0.3 is 0 Å². The molecule has 0 radical (unpaired) electrons. The third kappa shape index (κ3) is 16.2. The van der Waals surface area contributed by atoms with Crippen molar-refractivity contribution >= 4 is 113 Å². The molecule has 12 heterocycles. The van der Waals surface area contributed by atoms with Crippen LogP contribution in [0.3, 0.4) is 0 Å². The van der Waals surface area contributed by atoms with E-state index in [1.165, 1.54) is 17.7 Å². The number of fused-ring (bicyclic) bond motifs is 6. The zero-order chi connectivity index (χ0) is 77.7. The van der Waals surface area contributed by atoms with Crippen LogP contribution in [-0.2, 0) is 20.7 Å². The number of aliphatic imine (C=N–C) groups is 1. The van der Waals surface area contributed by atoms with E-state index in [1.807, 2.05) is 100 Å². The molecule has 9 aromatic heterocycles. The third-order valence-electron chi connectivity index (χ3n) is 19.4. The minimum atomic E-state index is -0.174. The van der Waals surface area contributed by atoms with E-state index in [0.29, 0.717) is 96.9 Å². The van der Waals surface area contributed by atoms with Crippen LogP contribution in [0.15, 0.2) is 221 Å². The topological polar surface area (TPSA) is 333 Å². The van der Waals surface area contributed by atoms with Gasteiger partial charge in [0.15, 0.2) is 22.8 Å². The summed E-state index contributed by atoms with van der Waals surface area (Å²) in [4.78, 5) is 72.2. The molecule has 18 rings (SSSR count). The van der Waals surface area contributed by atoms with E-state index in [2.05, 4.69) is 166 Å². The van der Waals surface area contributed by atoms with Gasteiger partial charge in [0, 0.05) is 84.0 Å². The highest BCUT2D eigenvalue weighted by atomic mass is 16.5. The number of hydrogen-bond acceptors (Lipinski definition) is 25. The molecule has 30 nitrogen and oxygen atoms in total. The SMILES string of the molecule is C=CC(=O)N1CC=C(c2ccc3ncnc(Nc4ccc(Oc5cc6nncn6cn5)c(C)c4)c3c2)CC1.C=CC(=O)N1CCC=C(c2ccc3ncnc(Nc4ccc(Oc5cc6nncn6cn5)c(C)c4)c3c2)C1.Cc1c(Nc2ncnc3ccc(CC4=NC(C)(C)CO4)cc23)ccc(Oc2cc3nncn3cn2)c1C. The molecule has 2 amide bonds. The summed E-state index contributed by atoms with van der Waals surface area (Å²) in [5.41, 5.74) is 16.4. The number of aryl methyl sites for hydroxylation is 2. The maximum Gasteiger partial charge on any atom is 0.246 e. The maximum atomic E-state index is 12.1. The first-order valence-corrected chi connectivity index (χ1v) is 36.3. The van der Waals surface area contributed by atoms with Gasteiger partial charge < -0.3 is 44.7 Å². The zero-order valence-electron chi connectivity index (χ0n) is 62.5. The number of benzene rings is 6. The van der Waals surface area contributed by atoms with Gasteiger partial charge in [0.05, 0.1) is 22.1 Å². The van der Waals surface area contributed by atoms with E-state index < -0.39 is 0 Å². The van der Waals surface area contributed by atoms with Crippen molar-refractivity contribution in [2.75, 3.05) is 48.7 Å². The van der Waals surface area contributed by atoms with Gasteiger partial charge in [-0.3, -0.25) is 22.8 Å². The van der Waals surface area contributed by atoms with Gasteiger partial charge in [0.2, 0.25) is 29.5 Å². The molecule has 15 aromatic rings. The minimum Gasteiger partial charge on any atom is -0.478 e. The Morgan fingerprint density at radius 1 is 0.504 bits per heavy atom. The Hall–Kier alpha value is -14.8. The zero-order valence-corrected chi connectivity index (χ0v) is 62.5. The Kier molecular flexibility index (Phi) is 20.1. The quantitative estimate of drug-likeness (QED) is 0.0672. The number of carbonyl (C=O) groups is 2. The van der Waals surface area contributed by atoms with Gasteiger partial charge in [0.25, 0.3) is 0 Å². The molecule has 0 saturated heterocycles. The monoisotopic (exact) mass is 1500 g/mol. The Bertz CT molecular complexity index is 6330. The Morgan fingerprint density at radius 3 is 1.50 bits per heavy atom. The third-order valence-corrected chi connectivity index (χ3v) is 19.4. The van der Waals surface area contributed by atoms with Crippen LogP contribution in [0, 0.1) is 27.7 Å². The van der Waals surface area contributed by atoms with Crippen LogP contribution in [0.1, 0.15) is 65.6 Å². The number of nitrogens with zero attached hydrogens (tertiary/aromatic N) is 21. The minimum absolute atomic E-state index is 0.0435. The van der Waals surface area contributed by atoms with Crippen LogP contribution in [0.25, 0.3) is 60.8 Å². The molecule has 30 heteroatoms. The van der Waals surface area contributed by atoms with Crippen molar-refractivity contribution in [2.45, 2.75) is 66.3 Å². The fourth-order valence-corrected chi connectivity index (χ4v) is 13.2. The highest BCUT2D eigenvalue weighted by Gasteiger charge is 2.27. The summed E-state index contributed by atoms with van der Waals surface area (Å²) < 4.78 is 29.0. The van der Waals surface area contributed by atoms with Crippen molar-refractivity contribution in [3.8, 4) is 34.9 Å². The standard InChI is InChI=1S/2C28H24N8O2.C27H26N8O2/c1-3-27(37)35-10-8-19(9-11-35)20-4-6-23-22(13-20)28(30-15-29-23)33-21-5-7-24(18(2)12-21)38-26-14-25-34-32-17-36(25)16-31-26;1-3-27(37)35-10-4-5-20(14-35)19-6-8-23-22(12-19)28(30-15-29-23)33-21-7-9-24(18(2)11-21)38-26-13-25-34-32-17-36(25)16-31-26;1-16-17(2)22(37-24-11-23-34-31-15-35(23)14-30-24)8-7-20(16)32-26-19-9-18(5-6-21(19)28-13-29-26)10-25-33-27(3,4)12-36-25/h3-8,12-17H,1,9-11H2,2H3,(H,29,30,33);3,5-9,11-13,15-17H,1,4,10,14H2,2H3,(H,29,30,33);5-9,11,13-15H,10,12H2,1-4H3,(H,28,29,32).